The third-order valence-electron chi connectivity index (χ3n) is 3.40. The van der Waals surface area contributed by atoms with Gasteiger partial charge >= 0.3 is 0 Å². The van der Waals surface area contributed by atoms with Gasteiger partial charge in [0.25, 0.3) is 0 Å². The Kier molecular flexibility index (Phi) is 4.94. The van der Waals surface area contributed by atoms with Gasteiger partial charge in [0.1, 0.15) is 0 Å². The molecule has 10 heteroatoms. The molecule has 0 atom stereocenters. The predicted octanol–water partition coefficient (Wildman–Crippen LogP) is 1.81. The third kappa shape index (κ3) is 4.20. The molecule has 0 aliphatic rings. The Morgan fingerprint density at radius 3 is 2.65 bits per heavy atom. The maximum absolute atomic E-state index is 12.0. The number of nitrogens with two attached hydrogens (primary N) is 1. The van der Waals surface area contributed by atoms with Gasteiger partial charge in [-0.25, -0.2) is 18.5 Å². The SMILES string of the molecule is N#Cc1ccc(NC(=O)CSc2nc3ccc(S(N)(=O)=O)cc3[nH]2)cc1. The van der Waals surface area contributed by atoms with Crippen LogP contribution in [0.2, 0.25) is 0 Å². The highest BCUT2D eigenvalue weighted by Crippen LogP contribution is 2.22. The van der Waals surface area contributed by atoms with Crippen molar-refractivity contribution in [3.63, 3.8) is 0 Å². The van der Waals surface area contributed by atoms with Crippen molar-refractivity contribution in [2.45, 2.75) is 10.1 Å². The number of hydrogen-bond donors (Lipinski definition) is 3. The van der Waals surface area contributed by atoms with Crippen molar-refractivity contribution in [2.24, 2.45) is 5.14 Å². The molecular formula is C16H13N5O3S2. The standard InChI is InChI=1S/C16H13N5O3S2/c17-8-10-1-3-11(4-2-10)19-15(22)9-25-16-20-13-6-5-12(26(18,23)24)7-14(13)21-16/h1-7H,9H2,(H,19,22)(H,20,21)(H2,18,23,24). The molecule has 0 aliphatic carbocycles. The second kappa shape index (κ2) is 7.17. The summed E-state index contributed by atoms with van der Waals surface area (Å²) in [5.74, 6) is -0.118. The van der Waals surface area contributed by atoms with Crippen LogP contribution in [0, 0.1) is 11.3 Å². The number of sulfonamides is 1. The summed E-state index contributed by atoms with van der Waals surface area (Å²) in [4.78, 5) is 19.2. The zero-order valence-electron chi connectivity index (χ0n) is 13.3. The number of nitrogens with zero attached hydrogens (tertiary/aromatic N) is 2. The molecule has 0 saturated heterocycles. The van der Waals surface area contributed by atoms with E-state index in [0.29, 0.717) is 27.4 Å². The number of primary sulfonamides is 1. The number of aromatic amines is 1. The minimum absolute atomic E-state index is 0.0104. The van der Waals surface area contributed by atoms with Crippen molar-refractivity contribution in [1.82, 2.24) is 9.97 Å². The van der Waals surface area contributed by atoms with Crippen LogP contribution in [0.15, 0.2) is 52.5 Å². The number of rotatable bonds is 5. The van der Waals surface area contributed by atoms with E-state index in [1.807, 2.05) is 6.07 Å². The second-order valence-electron chi connectivity index (χ2n) is 5.29. The van der Waals surface area contributed by atoms with Gasteiger partial charge in [-0.05, 0) is 42.5 Å². The number of amides is 1. The summed E-state index contributed by atoms with van der Waals surface area (Å²) in [5, 5.41) is 17.1. The van der Waals surface area contributed by atoms with Crippen LogP contribution in [0.1, 0.15) is 5.56 Å². The van der Waals surface area contributed by atoms with Crippen molar-refractivity contribution in [3.8, 4) is 6.07 Å². The van der Waals surface area contributed by atoms with Crippen LogP contribution in [0.4, 0.5) is 5.69 Å². The largest absolute Gasteiger partial charge is 0.333 e. The summed E-state index contributed by atoms with van der Waals surface area (Å²) >= 11 is 1.18. The third-order valence-corrected chi connectivity index (χ3v) is 5.18. The van der Waals surface area contributed by atoms with E-state index in [1.54, 1.807) is 30.3 Å². The van der Waals surface area contributed by atoms with E-state index in [9.17, 15) is 13.2 Å². The van der Waals surface area contributed by atoms with Crippen LogP contribution in [0.5, 0.6) is 0 Å². The average Bonchev–Trinajstić information content (AvgIpc) is 3.02. The highest BCUT2D eigenvalue weighted by Gasteiger charge is 2.12. The molecule has 0 aliphatic heterocycles. The van der Waals surface area contributed by atoms with E-state index < -0.39 is 10.0 Å². The van der Waals surface area contributed by atoms with Crippen LogP contribution in [0.3, 0.4) is 0 Å². The number of carbonyl (C=O) groups excluding carboxylic acids is 1. The van der Waals surface area contributed by atoms with E-state index in [2.05, 4.69) is 15.3 Å². The zero-order chi connectivity index (χ0) is 18.7. The number of benzene rings is 2. The van der Waals surface area contributed by atoms with Crippen LogP contribution in [-0.4, -0.2) is 30.0 Å². The molecule has 1 heterocycles. The lowest BCUT2D eigenvalue weighted by atomic mass is 10.2. The van der Waals surface area contributed by atoms with Gasteiger partial charge in [0.2, 0.25) is 15.9 Å². The molecule has 0 unspecified atom stereocenters. The fraction of sp³-hybridized carbons (Fsp3) is 0.0625. The van der Waals surface area contributed by atoms with Crippen LogP contribution >= 0.6 is 11.8 Å². The van der Waals surface area contributed by atoms with Gasteiger partial charge in [-0.3, -0.25) is 4.79 Å². The molecule has 3 aromatic rings. The van der Waals surface area contributed by atoms with Crippen molar-refractivity contribution in [3.05, 3.63) is 48.0 Å². The number of carbonyl (C=O) groups is 1. The smallest absolute Gasteiger partial charge is 0.238 e. The fourth-order valence-corrected chi connectivity index (χ4v) is 3.39. The quantitative estimate of drug-likeness (QED) is 0.570. The first-order valence-electron chi connectivity index (χ1n) is 7.30. The van der Waals surface area contributed by atoms with Gasteiger partial charge in [-0.2, -0.15) is 5.26 Å². The number of aromatic nitrogens is 2. The molecule has 0 radical (unpaired) electrons. The first-order chi connectivity index (χ1) is 12.3. The molecule has 2 aromatic carbocycles. The minimum Gasteiger partial charge on any atom is -0.333 e. The van der Waals surface area contributed by atoms with Crippen molar-refractivity contribution in [1.29, 1.82) is 5.26 Å². The zero-order valence-corrected chi connectivity index (χ0v) is 14.9. The lowest BCUT2D eigenvalue weighted by Gasteiger charge is -2.03. The predicted molar refractivity (Wildman–Crippen MR) is 98.0 cm³/mol. The van der Waals surface area contributed by atoms with E-state index >= 15 is 0 Å². The van der Waals surface area contributed by atoms with E-state index in [1.165, 1.54) is 23.9 Å². The summed E-state index contributed by atoms with van der Waals surface area (Å²) in [5.41, 5.74) is 2.20. The Morgan fingerprint density at radius 1 is 1.27 bits per heavy atom. The summed E-state index contributed by atoms with van der Waals surface area (Å²) in [6.07, 6.45) is 0. The van der Waals surface area contributed by atoms with E-state index in [-0.39, 0.29) is 16.6 Å². The number of nitrogens with one attached hydrogen (secondary N) is 2. The Bertz CT molecular complexity index is 1110. The van der Waals surface area contributed by atoms with Crippen LogP contribution in [0.25, 0.3) is 11.0 Å². The summed E-state index contributed by atoms with van der Waals surface area (Å²) in [6, 6.07) is 12.9. The lowest BCUT2D eigenvalue weighted by Crippen LogP contribution is -2.14. The molecule has 4 N–H and O–H groups in total. The highest BCUT2D eigenvalue weighted by molar-refractivity contribution is 7.99. The van der Waals surface area contributed by atoms with Gasteiger partial charge in [0, 0.05) is 5.69 Å². The number of imidazole rings is 1. The summed E-state index contributed by atoms with van der Waals surface area (Å²) in [6.45, 7) is 0. The normalized spacial score (nSPS) is 11.2. The fourth-order valence-electron chi connectivity index (χ4n) is 2.17. The van der Waals surface area contributed by atoms with Gasteiger partial charge in [0.05, 0.1) is 33.3 Å². The van der Waals surface area contributed by atoms with Gasteiger partial charge in [-0.1, -0.05) is 11.8 Å². The number of thioether (sulfide) groups is 1. The first kappa shape index (κ1) is 17.9. The van der Waals surface area contributed by atoms with Crippen molar-refractivity contribution < 1.29 is 13.2 Å². The van der Waals surface area contributed by atoms with Crippen LogP contribution in [-0.2, 0) is 14.8 Å². The Labute approximate surface area is 153 Å². The van der Waals surface area contributed by atoms with Crippen LogP contribution < -0.4 is 10.5 Å². The summed E-state index contributed by atoms with van der Waals surface area (Å²) in [7, 11) is -3.79. The molecule has 0 bridgehead atoms. The summed E-state index contributed by atoms with van der Waals surface area (Å²) < 4.78 is 22.8. The van der Waals surface area contributed by atoms with Gasteiger partial charge in [0.15, 0.2) is 5.16 Å². The number of hydrogen-bond acceptors (Lipinski definition) is 6. The monoisotopic (exact) mass is 387 g/mol. The topological polar surface area (TPSA) is 142 Å². The number of anilines is 1. The van der Waals surface area contributed by atoms with Gasteiger partial charge in [-0.15, -0.1) is 0 Å². The minimum atomic E-state index is -3.79. The van der Waals surface area contributed by atoms with Crippen molar-refractivity contribution in [2.75, 3.05) is 11.1 Å². The van der Waals surface area contributed by atoms with E-state index in [0.717, 1.165) is 0 Å². The highest BCUT2D eigenvalue weighted by atomic mass is 32.2. The lowest BCUT2D eigenvalue weighted by molar-refractivity contribution is -0.113. The molecule has 0 saturated carbocycles. The average molecular weight is 387 g/mol. The molecule has 1 aromatic heterocycles. The molecule has 0 spiro atoms. The molecular weight excluding hydrogens is 374 g/mol. The number of nitriles is 1. The number of H-pyrrole nitrogens is 1. The molecule has 0 fully saturated rings. The maximum atomic E-state index is 12.0. The maximum Gasteiger partial charge on any atom is 0.238 e. The Hall–Kier alpha value is -2.87. The van der Waals surface area contributed by atoms with Gasteiger partial charge < -0.3 is 10.3 Å². The molecule has 1 amide bonds. The molecule has 132 valence electrons. The van der Waals surface area contributed by atoms with E-state index in [4.69, 9.17) is 10.4 Å². The molecule has 26 heavy (non-hydrogen) atoms. The second-order valence-corrected chi connectivity index (χ2v) is 7.82. The first-order valence-corrected chi connectivity index (χ1v) is 9.84. The van der Waals surface area contributed by atoms with Crippen molar-refractivity contribution >= 4 is 44.4 Å². The Morgan fingerprint density at radius 2 is 2.00 bits per heavy atom. The number of fused-ring (bicyclic) bond motifs is 1. The molecule has 3 rings (SSSR count). The Balaban J connectivity index is 1.65. The molecule has 8 nitrogen and oxygen atoms in total.